The van der Waals surface area contributed by atoms with Crippen molar-refractivity contribution >= 4 is 10.0 Å². The molecule has 7 nitrogen and oxygen atoms in total. The Kier molecular flexibility index (Phi) is 5.92. The molecule has 0 spiro atoms. The Hall–Kier alpha value is -2.99. The average Bonchev–Trinajstić information content (AvgIpc) is 3.10. The first-order valence-electron chi connectivity index (χ1n) is 10.1. The van der Waals surface area contributed by atoms with Crippen LogP contribution in [0.3, 0.4) is 0 Å². The van der Waals surface area contributed by atoms with E-state index in [-0.39, 0.29) is 11.4 Å². The molecule has 2 heterocycles. The topological polar surface area (TPSA) is 88.2 Å². The highest BCUT2D eigenvalue weighted by Gasteiger charge is 2.31. The molecule has 0 fully saturated rings. The average molecular weight is 437 g/mol. The summed E-state index contributed by atoms with van der Waals surface area (Å²) in [7, 11) is -1.78. The largest absolute Gasteiger partial charge is 0.370 e. The Morgan fingerprint density at radius 2 is 1.81 bits per heavy atom. The van der Waals surface area contributed by atoms with Crippen LogP contribution in [0.25, 0.3) is 0 Å². The second-order valence-corrected chi connectivity index (χ2v) is 9.64. The monoisotopic (exact) mass is 436 g/mol. The van der Waals surface area contributed by atoms with Gasteiger partial charge < -0.3 is 4.74 Å². The van der Waals surface area contributed by atoms with Gasteiger partial charge in [0.25, 0.3) is 0 Å². The number of nitrogens with zero attached hydrogens (tertiary/aromatic N) is 4. The standard InChI is InChI=1S/C23H24N4O3S/c1-17-3-5-19(6-4-17)15-30-16-22-21-14-27(12-11-23(21)26(2)25-22)31(28,29)20-9-7-18(13-24)8-10-20/h3-10H,11-12,14-16H2,1-2H3. The van der Waals surface area contributed by atoms with Crippen molar-refractivity contribution in [3.8, 4) is 6.07 Å². The van der Waals surface area contributed by atoms with E-state index in [9.17, 15) is 8.42 Å². The SMILES string of the molecule is Cc1ccc(COCc2nn(C)c3c2CN(S(=O)(=O)c2ccc(C#N)cc2)CC3)cc1. The molecule has 0 bridgehead atoms. The second-order valence-electron chi connectivity index (χ2n) is 7.70. The Labute approximate surface area is 182 Å². The van der Waals surface area contributed by atoms with Crippen LogP contribution < -0.4 is 0 Å². The van der Waals surface area contributed by atoms with Crippen LogP contribution in [-0.4, -0.2) is 29.0 Å². The Bertz CT molecular complexity index is 1220. The predicted molar refractivity (Wildman–Crippen MR) is 115 cm³/mol. The number of nitriles is 1. The molecule has 8 heteroatoms. The van der Waals surface area contributed by atoms with Gasteiger partial charge in [-0.3, -0.25) is 4.68 Å². The highest BCUT2D eigenvalue weighted by molar-refractivity contribution is 7.89. The zero-order valence-electron chi connectivity index (χ0n) is 17.6. The van der Waals surface area contributed by atoms with Gasteiger partial charge in [0, 0.05) is 37.8 Å². The fourth-order valence-electron chi connectivity index (χ4n) is 3.77. The first-order valence-corrected chi connectivity index (χ1v) is 11.5. The lowest BCUT2D eigenvalue weighted by atomic mass is 10.1. The van der Waals surface area contributed by atoms with Crippen LogP contribution in [0.1, 0.15) is 33.6 Å². The summed E-state index contributed by atoms with van der Waals surface area (Å²) in [5, 5.41) is 13.5. The van der Waals surface area contributed by atoms with Gasteiger partial charge in [0.05, 0.1) is 35.4 Å². The Balaban J connectivity index is 1.50. The lowest BCUT2D eigenvalue weighted by Gasteiger charge is -2.27. The third-order valence-electron chi connectivity index (χ3n) is 5.54. The van der Waals surface area contributed by atoms with E-state index in [1.807, 2.05) is 49.0 Å². The summed E-state index contributed by atoms with van der Waals surface area (Å²) in [5.41, 5.74) is 5.44. The van der Waals surface area contributed by atoms with Crippen LogP contribution in [0.2, 0.25) is 0 Å². The maximum absolute atomic E-state index is 13.1. The van der Waals surface area contributed by atoms with Crippen molar-refractivity contribution in [2.75, 3.05) is 6.54 Å². The van der Waals surface area contributed by atoms with E-state index in [4.69, 9.17) is 10.00 Å². The minimum Gasteiger partial charge on any atom is -0.370 e. The number of benzene rings is 2. The molecule has 0 saturated heterocycles. The number of ether oxygens (including phenoxy) is 1. The summed E-state index contributed by atoms with van der Waals surface area (Å²) in [5.74, 6) is 0. The van der Waals surface area contributed by atoms with Gasteiger partial charge in [0.1, 0.15) is 0 Å². The molecule has 0 radical (unpaired) electrons. The van der Waals surface area contributed by atoms with Crippen molar-refractivity contribution in [1.82, 2.24) is 14.1 Å². The van der Waals surface area contributed by atoms with Gasteiger partial charge in [0.15, 0.2) is 0 Å². The number of fused-ring (bicyclic) bond motifs is 1. The maximum atomic E-state index is 13.1. The minimum atomic E-state index is -3.66. The molecule has 160 valence electrons. The predicted octanol–water partition coefficient (Wildman–Crippen LogP) is 3.06. The number of rotatable bonds is 6. The fourth-order valence-corrected chi connectivity index (χ4v) is 5.18. The van der Waals surface area contributed by atoms with E-state index in [0.29, 0.717) is 31.7 Å². The molecule has 0 saturated carbocycles. The molecule has 0 aliphatic carbocycles. The van der Waals surface area contributed by atoms with Crippen molar-refractivity contribution in [3.05, 3.63) is 82.2 Å². The highest BCUT2D eigenvalue weighted by Crippen LogP contribution is 2.27. The molecule has 0 amide bonds. The molecule has 0 atom stereocenters. The molecule has 0 unspecified atom stereocenters. The van der Waals surface area contributed by atoms with Crippen molar-refractivity contribution in [2.45, 2.75) is 38.0 Å². The summed E-state index contributed by atoms with van der Waals surface area (Å²) < 4.78 is 35.4. The lowest BCUT2D eigenvalue weighted by molar-refractivity contribution is 0.103. The number of sulfonamides is 1. The maximum Gasteiger partial charge on any atom is 0.243 e. The first-order chi connectivity index (χ1) is 14.9. The molecule has 3 aromatic rings. The van der Waals surface area contributed by atoms with Crippen molar-refractivity contribution in [1.29, 1.82) is 5.26 Å². The summed E-state index contributed by atoms with van der Waals surface area (Å²) in [6.07, 6.45) is 0.590. The minimum absolute atomic E-state index is 0.191. The van der Waals surface area contributed by atoms with Crippen LogP contribution in [0.4, 0.5) is 0 Å². The van der Waals surface area contributed by atoms with E-state index in [1.165, 1.54) is 34.1 Å². The normalized spacial score (nSPS) is 14.2. The molecule has 2 aromatic carbocycles. The van der Waals surface area contributed by atoms with Crippen LogP contribution in [0.5, 0.6) is 0 Å². The molecule has 4 rings (SSSR count). The zero-order valence-corrected chi connectivity index (χ0v) is 18.4. The van der Waals surface area contributed by atoms with Gasteiger partial charge in [-0.25, -0.2) is 8.42 Å². The summed E-state index contributed by atoms with van der Waals surface area (Å²) >= 11 is 0. The second kappa shape index (κ2) is 8.63. The smallest absolute Gasteiger partial charge is 0.243 e. The summed E-state index contributed by atoms with van der Waals surface area (Å²) in [6, 6.07) is 16.2. The quantitative estimate of drug-likeness (QED) is 0.593. The molecule has 1 aliphatic heterocycles. The van der Waals surface area contributed by atoms with Crippen LogP contribution >= 0.6 is 0 Å². The van der Waals surface area contributed by atoms with E-state index in [0.717, 1.165) is 22.5 Å². The third-order valence-corrected chi connectivity index (χ3v) is 7.40. The van der Waals surface area contributed by atoms with Gasteiger partial charge in [-0.05, 0) is 36.8 Å². The molecule has 31 heavy (non-hydrogen) atoms. The zero-order chi connectivity index (χ0) is 22.0. The van der Waals surface area contributed by atoms with Crippen LogP contribution in [0, 0.1) is 18.3 Å². The number of hydrogen-bond acceptors (Lipinski definition) is 5. The van der Waals surface area contributed by atoms with Gasteiger partial charge in [-0.2, -0.15) is 14.7 Å². The molecule has 0 N–H and O–H groups in total. The van der Waals surface area contributed by atoms with Gasteiger partial charge in [-0.1, -0.05) is 29.8 Å². The number of aromatic nitrogens is 2. The number of hydrogen-bond donors (Lipinski definition) is 0. The summed E-state index contributed by atoms with van der Waals surface area (Å²) in [6.45, 7) is 3.48. The lowest BCUT2D eigenvalue weighted by Crippen LogP contribution is -2.36. The highest BCUT2D eigenvalue weighted by atomic mass is 32.2. The van der Waals surface area contributed by atoms with Crippen molar-refractivity contribution in [2.24, 2.45) is 7.05 Å². The third kappa shape index (κ3) is 4.39. The van der Waals surface area contributed by atoms with E-state index in [1.54, 1.807) is 0 Å². The molecular weight excluding hydrogens is 412 g/mol. The van der Waals surface area contributed by atoms with E-state index in [2.05, 4.69) is 5.10 Å². The number of aryl methyl sites for hydroxylation is 2. The van der Waals surface area contributed by atoms with Crippen molar-refractivity contribution in [3.63, 3.8) is 0 Å². The molecule has 1 aliphatic rings. The van der Waals surface area contributed by atoms with Crippen LogP contribution in [-0.2, 0) is 48.0 Å². The fraction of sp³-hybridized carbons (Fsp3) is 0.304. The van der Waals surface area contributed by atoms with Gasteiger partial charge >= 0.3 is 0 Å². The van der Waals surface area contributed by atoms with E-state index >= 15 is 0 Å². The molecular formula is C23H24N4O3S. The van der Waals surface area contributed by atoms with Gasteiger partial charge in [-0.15, -0.1) is 0 Å². The van der Waals surface area contributed by atoms with Crippen LogP contribution in [0.15, 0.2) is 53.4 Å². The van der Waals surface area contributed by atoms with E-state index < -0.39 is 10.0 Å². The summed E-state index contributed by atoms with van der Waals surface area (Å²) in [4.78, 5) is 0.191. The molecule has 1 aromatic heterocycles. The van der Waals surface area contributed by atoms with Gasteiger partial charge in [0.2, 0.25) is 10.0 Å². The Morgan fingerprint density at radius 3 is 2.48 bits per heavy atom. The first kappa shape index (κ1) is 21.2. The Morgan fingerprint density at radius 1 is 1.10 bits per heavy atom. The van der Waals surface area contributed by atoms with Crippen molar-refractivity contribution < 1.29 is 13.2 Å².